The Balaban J connectivity index is 2.64. The summed E-state index contributed by atoms with van der Waals surface area (Å²) in [6, 6.07) is 4.23. The van der Waals surface area contributed by atoms with E-state index in [1.54, 1.807) is 6.92 Å². The zero-order chi connectivity index (χ0) is 12.1. The fraction of sp³-hybridized carbons (Fsp3) is 0.300. The normalized spacial score (nSPS) is 13.6. The first kappa shape index (κ1) is 12.6. The van der Waals surface area contributed by atoms with Gasteiger partial charge in [-0.15, -0.1) is 0 Å². The lowest BCUT2D eigenvalue weighted by Crippen LogP contribution is -2.27. The number of nitrogens with zero attached hydrogens (tertiary/aromatic N) is 1. The highest BCUT2D eigenvalue weighted by molar-refractivity contribution is 6.30. The van der Waals surface area contributed by atoms with Crippen LogP contribution >= 0.6 is 11.6 Å². The highest BCUT2D eigenvalue weighted by Crippen LogP contribution is 2.19. The van der Waals surface area contributed by atoms with Crippen molar-refractivity contribution in [3.63, 3.8) is 0 Å². The van der Waals surface area contributed by atoms with E-state index in [9.17, 15) is 4.39 Å². The molecule has 1 atom stereocenters. The minimum atomic E-state index is -0.392. The predicted octanol–water partition coefficient (Wildman–Crippen LogP) is 2.27. The van der Waals surface area contributed by atoms with E-state index >= 15 is 0 Å². The zero-order valence-corrected chi connectivity index (χ0v) is 9.50. The molecule has 0 aliphatic heterocycles. The largest absolute Gasteiger partial charge is 0.409 e. The Morgan fingerprint density at radius 1 is 1.69 bits per heavy atom. The van der Waals surface area contributed by atoms with Crippen molar-refractivity contribution in [1.82, 2.24) is 0 Å². The van der Waals surface area contributed by atoms with E-state index in [1.807, 2.05) is 0 Å². The number of hydrogen-bond acceptors (Lipinski definition) is 3. The summed E-state index contributed by atoms with van der Waals surface area (Å²) in [6.45, 7) is 2.11. The molecule has 0 saturated heterocycles. The summed E-state index contributed by atoms with van der Waals surface area (Å²) in [7, 11) is 0. The van der Waals surface area contributed by atoms with Gasteiger partial charge in [0.2, 0.25) is 0 Å². The van der Waals surface area contributed by atoms with Crippen molar-refractivity contribution in [3.8, 4) is 0 Å². The quantitative estimate of drug-likeness (QED) is 0.330. The average Bonchev–Trinajstić information content (AvgIpc) is 2.28. The van der Waals surface area contributed by atoms with Crippen molar-refractivity contribution < 1.29 is 9.60 Å². The van der Waals surface area contributed by atoms with Crippen LogP contribution in [0.3, 0.4) is 0 Å². The third-order valence-electron chi connectivity index (χ3n) is 2.15. The van der Waals surface area contributed by atoms with Gasteiger partial charge in [0.15, 0.2) is 0 Å². The molecule has 16 heavy (non-hydrogen) atoms. The number of benzene rings is 1. The van der Waals surface area contributed by atoms with Crippen LogP contribution < -0.4 is 11.1 Å². The summed E-state index contributed by atoms with van der Waals surface area (Å²) < 4.78 is 13.3. The molecule has 0 aliphatic carbocycles. The molecule has 4 nitrogen and oxygen atoms in total. The second-order valence-corrected chi connectivity index (χ2v) is 3.87. The molecule has 0 radical (unpaired) electrons. The maximum Gasteiger partial charge on any atom is 0.146 e. The van der Waals surface area contributed by atoms with Crippen molar-refractivity contribution in [2.24, 2.45) is 16.8 Å². The fourth-order valence-corrected chi connectivity index (χ4v) is 1.27. The summed E-state index contributed by atoms with van der Waals surface area (Å²) in [5.41, 5.74) is 5.69. The number of nitrogens with two attached hydrogens (primary N) is 1. The first-order valence-corrected chi connectivity index (χ1v) is 5.08. The molecule has 1 rings (SSSR count). The van der Waals surface area contributed by atoms with Crippen molar-refractivity contribution in [1.29, 1.82) is 0 Å². The third-order valence-corrected chi connectivity index (χ3v) is 2.38. The van der Waals surface area contributed by atoms with Crippen LogP contribution in [0.15, 0.2) is 23.4 Å². The second-order valence-electron chi connectivity index (χ2n) is 3.43. The molecule has 1 aromatic carbocycles. The molecule has 0 bridgehead atoms. The molecule has 4 N–H and O–H groups in total. The minimum absolute atomic E-state index is 0.0925. The van der Waals surface area contributed by atoms with Gasteiger partial charge in [-0.2, -0.15) is 0 Å². The van der Waals surface area contributed by atoms with Gasteiger partial charge in [0.25, 0.3) is 0 Å². The smallest absolute Gasteiger partial charge is 0.146 e. The number of anilines is 1. The number of hydrogen-bond donors (Lipinski definition) is 3. The lowest BCUT2D eigenvalue weighted by atomic mass is 10.1. The first-order valence-electron chi connectivity index (χ1n) is 4.71. The number of amidine groups is 1. The van der Waals surface area contributed by atoms with Crippen molar-refractivity contribution in [2.45, 2.75) is 6.92 Å². The lowest BCUT2D eigenvalue weighted by Gasteiger charge is -2.12. The Morgan fingerprint density at radius 2 is 2.38 bits per heavy atom. The van der Waals surface area contributed by atoms with Crippen LogP contribution in [0.4, 0.5) is 10.1 Å². The van der Waals surface area contributed by atoms with Gasteiger partial charge in [0.05, 0.1) is 5.69 Å². The zero-order valence-electron chi connectivity index (χ0n) is 8.74. The van der Waals surface area contributed by atoms with Gasteiger partial charge in [0.1, 0.15) is 11.7 Å². The van der Waals surface area contributed by atoms with Crippen molar-refractivity contribution >= 4 is 23.1 Å². The Bertz CT molecular complexity index is 398. The molecular weight excluding hydrogens is 233 g/mol. The first-order chi connectivity index (χ1) is 7.54. The Labute approximate surface area is 97.9 Å². The molecule has 0 fully saturated rings. The molecule has 1 unspecified atom stereocenters. The summed E-state index contributed by atoms with van der Waals surface area (Å²) in [4.78, 5) is 0. The number of oxime groups is 1. The molecule has 6 heteroatoms. The highest BCUT2D eigenvalue weighted by atomic mass is 35.5. The van der Waals surface area contributed by atoms with Crippen LogP contribution in [0.5, 0.6) is 0 Å². The summed E-state index contributed by atoms with van der Waals surface area (Å²) in [5, 5.41) is 14.6. The molecular formula is C10H13ClFN3O. The van der Waals surface area contributed by atoms with Gasteiger partial charge in [-0.05, 0) is 18.2 Å². The van der Waals surface area contributed by atoms with Crippen LogP contribution in [0.1, 0.15) is 6.92 Å². The van der Waals surface area contributed by atoms with Crippen LogP contribution in [-0.4, -0.2) is 17.6 Å². The molecule has 0 amide bonds. The Morgan fingerprint density at radius 3 is 3.00 bits per heavy atom. The van der Waals surface area contributed by atoms with E-state index in [-0.39, 0.29) is 11.8 Å². The maximum atomic E-state index is 13.3. The van der Waals surface area contributed by atoms with E-state index in [4.69, 9.17) is 22.5 Å². The van der Waals surface area contributed by atoms with Gasteiger partial charge < -0.3 is 16.3 Å². The maximum absolute atomic E-state index is 13.3. The molecule has 0 spiro atoms. The van der Waals surface area contributed by atoms with Gasteiger partial charge in [-0.25, -0.2) is 4.39 Å². The number of halogens is 2. The van der Waals surface area contributed by atoms with Gasteiger partial charge in [-0.3, -0.25) is 0 Å². The van der Waals surface area contributed by atoms with Crippen LogP contribution in [-0.2, 0) is 0 Å². The number of rotatable bonds is 4. The number of nitrogens with one attached hydrogen (secondary N) is 1. The van der Waals surface area contributed by atoms with E-state index in [0.29, 0.717) is 17.3 Å². The Kier molecular flexibility index (Phi) is 4.37. The fourth-order valence-electron chi connectivity index (χ4n) is 1.10. The van der Waals surface area contributed by atoms with E-state index in [0.717, 1.165) is 0 Å². The van der Waals surface area contributed by atoms with Crippen LogP contribution in [0.25, 0.3) is 0 Å². The molecule has 0 heterocycles. The highest BCUT2D eigenvalue weighted by Gasteiger charge is 2.09. The summed E-state index contributed by atoms with van der Waals surface area (Å²) in [6.07, 6.45) is 0. The molecule has 1 aromatic rings. The minimum Gasteiger partial charge on any atom is -0.409 e. The van der Waals surface area contributed by atoms with E-state index in [1.165, 1.54) is 18.2 Å². The molecule has 88 valence electrons. The van der Waals surface area contributed by atoms with Crippen LogP contribution in [0.2, 0.25) is 5.02 Å². The van der Waals surface area contributed by atoms with Crippen molar-refractivity contribution in [2.75, 3.05) is 11.9 Å². The molecule has 0 aromatic heterocycles. The third kappa shape index (κ3) is 3.27. The van der Waals surface area contributed by atoms with E-state index < -0.39 is 5.82 Å². The average molecular weight is 246 g/mol. The summed E-state index contributed by atoms with van der Waals surface area (Å²) >= 11 is 5.73. The lowest BCUT2D eigenvalue weighted by molar-refractivity contribution is 0.315. The standard InChI is InChI=1S/C10H13ClFN3O/c1-6(10(13)15-16)5-14-9-4-7(11)2-3-8(9)12/h2-4,6,14,16H,5H2,1H3,(H2,13,15). The topological polar surface area (TPSA) is 70.6 Å². The van der Waals surface area contributed by atoms with E-state index in [2.05, 4.69) is 10.5 Å². The molecule has 0 aliphatic rings. The monoisotopic (exact) mass is 245 g/mol. The second kappa shape index (κ2) is 5.55. The van der Waals surface area contributed by atoms with Crippen LogP contribution in [0, 0.1) is 11.7 Å². The predicted molar refractivity (Wildman–Crippen MR) is 62.5 cm³/mol. The van der Waals surface area contributed by atoms with Gasteiger partial charge in [-0.1, -0.05) is 23.7 Å². The molecule has 0 saturated carbocycles. The van der Waals surface area contributed by atoms with Gasteiger partial charge in [0, 0.05) is 17.5 Å². The SMILES string of the molecule is CC(CNc1cc(Cl)ccc1F)C(N)=NO. The Hall–Kier alpha value is -1.49. The summed E-state index contributed by atoms with van der Waals surface area (Å²) in [5.74, 6) is -0.505. The van der Waals surface area contributed by atoms with Gasteiger partial charge >= 0.3 is 0 Å². The van der Waals surface area contributed by atoms with Crippen molar-refractivity contribution in [3.05, 3.63) is 29.0 Å².